The molecule has 0 atom stereocenters. The van der Waals surface area contributed by atoms with Gasteiger partial charge in [-0.15, -0.1) is 0 Å². The van der Waals surface area contributed by atoms with Crippen LogP contribution in [-0.2, 0) is 4.74 Å². The highest BCUT2D eigenvalue weighted by atomic mass is 16.5. The number of nitrogens with two attached hydrogens (primary N) is 1. The number of hydrogen-bond donors (Lipinski definition) is 1. The molecule has 102 valence electrons. The maximum absolute atomic E-state index is 8.90. The van der Waals surface area contributed by atoms with Crippen LogP contribution in [0, 0.1) is 11.3 Å². The number of anilines is 1. The first-order valence-electron chi connectivity index (χ1n) is 6.70. The van der Waals surface area contributed by atoms with Crippen molar-refractivity contribution in [1.82, 2.24) is 9.78 Å². The minimum Gasteiger partial charge on any atom is -0.398 e. The standard InChI is InChI=1S/C15H16N4O/c16-8-12-2-1-11(7-15(12)17)13-9-18-19(10-13)14-3-5-20-6-4-14/h1-2,7,9-10,14H,3-6,17H2. The summed E-state index contributed by atoms with van der Waals surface area (Å²) in [7, 11) is 0. The first kappa shape index (κ1) is 12.7. The molecule has 0 unspecified atom stereocenters. The van der Waals surface area contributed by atoms with Crippen molar-refractivity contribution >= 4 is 5.69 Å². The van der Waals surface area contributed by atoms with Crippen LogP contribution in [0.1, 0.15) is 24.4 Å². The van der Waals surface area contributed by atoms with Gasteiger partial charge in [0.15, 0.2) is 0 Å². The second kappa shape index (κ2) is 5.35. The number of aromatic nitrogens is 2. The van der Waals surface area contributed by atoms with Crippen LogP contribution in [0.3, 0.4) is 0 Å². The van der Waals surface area contributed by atoms with Crippen molar-refractivity contribution in [2.24, 2.45) is 0 Å². The van der Waals surface area contributed by atoms with Crippen molar-refractivity contribution in [2.45, 2.75) is 18.9 Å². The predicted octanol–water partition coefficient (Wildman–Crippen LogP) is 2.36. The van der Waals surface area contributed by atoms with E-state index in [1.807, 2.05) is 29.2 Å². The van der Waals surface area contributed by atoms with E-state index in [9.17, 15) is 0 Å². The third-order valence-corrected chi connectivity index (χ3v) is 3.67. The number of rotatable bonds is 2. The zero-order chi connectivity index (χ0) is 13.9. The van der Waals surface area contributed by atoms with Crippen molar-refractivity contribution in [1.29, 1.82) is 5.26 Å². The van der Waals surface area contributed by atoms with Gasteiger partial charge in [-0.05, 0) is 30.5 Å². The van der Waals surface area contributed by atoms with E-state index < -0.39 is 0 Å². The Morgan fingerprint density at radius 2 is 2.10 bits per heavy atom. The molecule has 2 aromatic rings. The summed E-state index contributed by atoms with van der Waals surface area (Å²) in [5.41, 5.74) is 8.87. The van der Waals surface area contributed by atoms with Gasteiger partial charge in [0.05, 0.1) is 23.5 Å². The first-order valence-corrected chi connectivity index (χ1v) is 6.70. The molecule has 1 aliphatic heterocycles. The lowest BCUT2D eigenvalue weighted by Gasteiger charge is -2.22. The molecule has 0 aliphatic carbocycles. The third kappa shape index (κ3) is 2.38. The molecule has 2 heterocycles. The van der Waals surface area contributed by atoms with Crippen LogP contribution < -0.4 is 5.73 Å². The lowest BCUT2D eigenvalue weighted by molar-refractivity contribution is 0.0662. The third-order valence-electron chi connectivity index (χ3n) is 3.67. The summed E-state index contributed by atoms with van der Waals surface area (Å²) in [5, 5.41) is 13.3. The molecule has 2 N–H and O–H groups in total. The molecule has 20 heavy (non-hydrogen) atoms. The van der Waals surface area contributed by atoms with Crippen molar-refractivity contribution in [3.8, 4) is 17.2 Å². The van der Waals surface area contributed by atoms with Crippen molar-refractivity contribution < 1.29 is 4.74 Å². The molecule has 1 aromatic heterocycles. The smallest absolute Gasteiger partial charge is 0.101 e. The van der Waals surface area contributed by atoms with Crippen LogP contribution in [-0.4, -0.2) is 23.0 Å². The summed E-state index contributed by atoms with van der Waals surface area (Å²) in [4.78, 5) is 0. The molecular formula is C15H16N4O. The number of nitrogen functional groups attached to an aromatic ring is 1. The van der Waals surface area contributed by atoms with E-state index in [4.69, 9.17) is 15.7 Å². The van der Waals surface area contributed by atoms with Crippen LogP contribution in [0.2, 0.25) is 0 Å². The number of nitriles is 1. The zero-order valence-corrected chi connectivity index (χ0v) is 11.1. The Bertz CT molecular complexity index is 650. The quantitative estimate of drug-likeness (QED) is 0.848. The van der Waals surface area contributed by atoms with Gasteiger partial charge < -0.3 is 10.5 Å². The highest BCUT2D eigenvalue weighted by Crippen LogP contribution is 2.26. The Hall–Kier alpha value is -2.32. The van der Waals surface area contributed by atoms with Crippen LogP contribution in [0.5, 0.6) is 0 Å². The fraction of sp³-hybridized carbons (Fsp3) is 0.333. The van der Waals surface area contributed by atoms with E-state index in [1.54, 1.807) is 6.07 Å². The number of benzene rings is 1. The van der Waals surface area contributed by atoms with E-state index in [0.717, 1.165) is 37.2 Å². The van der Waals surface area contributed by atoms with E-state index in [-0.39, 0.29) is 0 Å². The molecule has 0 amide bonds. The van der Waals surface area contributed by atoms with Crippen molar-refractivity contribution in [3.63, 3.8) is 0 Å². The maximum Gasteiger partial charge on any atom is 0.101 e. The van der Waals surface area contributed by atoms with Crippen molar-refractivity contribution in [3.05, 3.63) is 36.2 Å². The van der Waals surface area contributed by atoms with Gasteiger partial charge in [0, 0.05) is 25.0 Å². The molecule has 1 aliphatic rings. The van der Waals surface area contributed by atoms with E-state index in [0.29, 0.717) is 17.3 Å². The molecule has 0 radical (unpaired) electrons. The molecule has 5 nitrogen and oxygen atoms in total. The monoisotopic (exact) mass is 268 g/mol. The van der Waals surface area contributed by atoms with Crippen LogP contribution in [0.15, 0.2) is 30.6 Å². The minimum atomic E-state index is 0.410. The maximum atomic E-state index is 8.90. The Labute approximate surface area is 117 Å². The van der Waals surface area contributed by atoms with Gasteiger partial charge >= 0.3 is 0 Å². The average Bonchev–Trinajstić information content (AvgIpc) is 2.98. The Morgan fingerprint density at radius 1 is 1.30 bits per heavy atom. The summed E-state index contributed by atoms with van der Waals surface area (Å²) < 4.78 is 7.37. The van der Waals surface area contributed by atoms with Gasteiger partial charge in [0.2, 0.25) is 0 Å². The highest BCUT2D eigenvalue weighted by Gasteiger charge is 2.16. The van der Waals surface area contributed by atoms with Crippen LogP contribution in [0.25, 0.3) is 11.1 Å². The topological polar surface area (TPSA) is 76.9 Å². The van der Waals surface area contributed by atoms with Gasteiger partial charge in [-0.2, -0.15) is 10.4 Å². The van der Waals surface area contributed by atoms with Gasteiger partial charge in [-0.3, -0.25) is 4.68 Å². The number of ether oxygens (including phenoxy) is 1. The predicted molar refractivity (Wildman–Crippen MR) is 75.9 cm³/mol. The lowest BCUT2D eigenvalue weighted by Crippen LogP contribution is -2.19. The van der Waals surface area contributed by atoms with Crippen LogP contribution >= 0.6 is 0 Å². The fourth-order valence-electron chi connectivity index (χ4n) is 2.48. The summed E-state index contributed by atoms with van der Waals surface area (Å²) in [6, 6.07) is 7.95. The van der Waals surface area contributed by atoms with Gasteiger partial charge in [-0.1, -0.05) is 6.07 Å². The molecule has 0 spiro atoms. The molecule has 1 aromatic carbocycles. The van der Waals surface area contributed by atoms with E-state index in [1.165, 1.54) is 0 Å². The number of hydrogen-bond acceptors (Lipinski definition) is 4. The first-order chi connectivity index (χ1) is 9.78. The highest BCUT2D eigenvalue weighted by molar-refractivity contribution is 5.69. The van der Waals surface area contributed by atoms with Gasteiger partial charge in [0.25, 0.3) is 0 Å². The summed E-state index contributed by atoms with van der Waals surface area (Å²) in [5.74, 6) is 0. The second-order valence-corrected chi connectivity index (χ2v) is 4.97. The summed E-state index contributed by atoms with van der Waals surface area (Å²) in [6.45, 7) is 1.59. The Balaban J connectivity index is 1.86. The molecule has 0 saturated carbocycles. The van der Waals surface area contributed by atoms with Gasteiger partial charge in [-0.25, -0.2) is 0 Å². The Kier molecular flexibility index (Phi) is 3.40. The Morgan fingerprint density at radius 3 is 2.80 bits per heavy atom. The largest absolute Gasteiger partial charge is 0.398 e. The minimum absolute atomic E-state index is 0.410. The summed E-state index contributed by atoms with van der Waals surface area (Å²) in [6.07, 6.45) is 5.88. The van der Waals surface area contributed by atoms with Gasteiger partial charge in [0.1, 0.15) is 6.07 Å². The zero-order valence-electron chi connectivity index (χ0n) is 11.1. The fourth-order valence-corrected chi connectivity index (χ4v) is 2.48. The van der Waals surface area contributed by atoms with Crippen molar-refractivity contribution in [2.75, 3.05) is 18.9 Å². The van der Waals surface area contributed by atoms with Crippen LogP contribution in [0.4, 0.5) is 5.69 Å². The number of nitrogens with zero attached hydrogens (tertiary/aromatic N) is 3. The van der Waals surface area contributed by atoms with E-state index in [2.05, 4.69) is 11.2 Å². The lowest BCUT2D eigenvalue weighted by atomic mass is 10.1. The van der Waals surface area contributed by atoms with E-state index >= 15 is 0 Å². The normalized spacial score (nSPS) is 15.9. The molecule has 3 rings (SSSR count). The second-order valence-electron chi connectivity index (χ2n) is 4.97. The summed E-state index contributed by atoms with van der Waals surface area (Å²) >= 11 is 0. The molecule has 5 heteroatoms. The molecule has 1 saturated heterocycles. The molecule has 0 bridgehead atoms. The average molecular weight is 268 g/mol. The SMILES string of the molecule is N#Cc1ccc(-c2cnn(C3CCOCC3)c2)cc1N. The molecule has 1 fully saturated rings. The molecular weight excluding hydrogens is 252 g/mol.